The summed E-state index contributed by atoms with van der Waals surface area (Å²) in [4.78, 5) is 5.09. The fourth-order valence-electron chi connectivity index (χ4n) is 2.86. The van der Waals surface area contributed by atoms with Gasteiger partial charge in [0, 0.05) is 32.2 Å². The van der Waals surface area contributed by atoms with Crippen LogP contribution in [0.1, 0.15) is 18.5 Å². The smallest absolute Gasteiger partial charge is 0.151 e. The Hall–Kier alpha value is -0.710. The number of nitrogens with zero attached hydrogens (tertiary/aromatic N) is 4. The molecule has 2 aliphatic rings. The molecule has 2 aliphatic heterocycles. The molecule has 1 atom stereocenters. The maximum Gasteiger partial charge on any atom is 0.151 e. The third kappa shape index (κ3) is 2.59. The average molecular weight is 253 g/mol. The molecule has 17 heavy (non-hydrogen) atoms. The second kappa shape index (κ2) is 4.88. The Kier molecular flexibility index (Phi) is 3.27. The first-order valence-corrected chi connectivity index (χ1v) is 6.63. The van der Waals surface area contributed by atoms with E-state index in [0.29, 0.717) is 5.15 Å². The van der Waals surface area contributed by atoms with Gasteiger partial charge in [-0.05, 0) is 31.5 Å². The minimum Gasteiger partial charge on any atom is -0.298 e. The van der Waals surface area contributed by atoms with E-state index in [1.165, 1.54) is 32.5 Å². The molecule has 3 heterocycles. The lowest BCUT2D eigenvalue weighted by molar-refractivity contribution is 0.0982. The summed E-state index contributed by atoms with van der Waals surface area (Å²) in [5, 5.41) is 8.48. The molecule has 0 aliphatic carbocycles. The molecule has 1 aromatic rings. The third-order valence-corrected chi connectivity index (χ3v) is 3.95. The van der Waals surface area contributed by atoms with Crippen LogP contribution in [0.4, 0.5) is 0 Å². The van der Waals surface area contributed by atoms with Crippen LogP contribution in [0.15, 0.2) is 12.1 Å². The largest absolute Gasteiger partial charge is 0.298 e. The first kappa shape index (κ1) is 11.4. The van der Waals surface area contributed by atoms with Crippen LogP contribution >= 0.6 is 11.6 Å². The third-order valence-electron chi connectivity index (χ3n) is 3.74. The molecule has 1 aromatic heterocycles. The molecule has 0 radical (unpaired) electrons. The topological polar surface area (TPSA) is 32.3 Å². The van der Waals surface area contributed by atoms with Gasteiger partial charge < -0.3 is 0 Å². The number of rotatable bonds is 2. The molecule has 92 valence electrons. The molecule has 3 rings (SSSR count). The van der Waals surface area contributed by atoms with Gasteiger partial charge in [0.2, 0.25) is 0 Å². The summed E-state index contributed by atoms with van der Waals surface area (Å²) in [5.74, 6) is 0. The molecule has 0 saturated carbocycles. The van der Waals surface area contributed by atoms with Crippen molar-refractivity contribution >= 4 is 11.6 Å². The van der Waals surface area contributed by atoms with E-state index in [-0.39, 0.29) is 0 Å². The molecule has 5 heteroatoms. The summed E-state index contributed by atoms with van der Waals surface area (Å²) >= 11 is 5.73. The first-order valence-electron chi connectivity index (χ1n) is 6.26. The number of hydrogen-bond acceptors (Lipinski definition) is 4. The van der Waals surface area contributed by atoms with Crippen LogP contribution in [0.25, 0.3) is 0 Å². The van der Waals surface area contributed by atoms with Gasteiger partial charge in [-0.1, -0.05) is 11.6 Å². The maximum absolute atomic E-state index is 5.73. The predicted octanol–water partition coefficient (Wildman–Crippen LogP) is 1.41. The van der Waals surface area contributed by atoms with E-state index < -0.39 is 0 Å². The van der Waals surface area contributed by atoms with Crippen molar-refractivity contribution in [2.24, 2.45) is 0 Å². The Morgan fingerprint density at radius 3 is 3.00 bits per heavy atom. The van der Waals surface area contributed by atoms with Crippen LogP contribution in [0, 0.1) is 0 Å². The van der Waals surface area contributed by atoms with Crippen molar-refractivity contribution < 1.29 is 0 Å². The Morgan fingerprint density at radius 1 is 1.24 bits per heavy atom. The fourth-order valence-corrected chi connectivity index (χ4v) is 2.96. The van der Waals surface area contributed by atoms with Crippen LogP contribution in [0.5, 0.6) is 0 Å². The predicted molar refractivity (Wildman–Crippen MR) is 66.9 cm³/mol. The lowest BCUT2D eigenvalue weighted by Crippen LogP contribution is -2.49. The summed E-state index contributed by atoms with van der Waals surface area (Å²) < 4.78 is 0. The number of halogens is 1. The average Bonchev–Trinajstić information content (AvgIpc) is 2.79. The summed E-state index contributed by atoms with van der Waals surface area (Å²) in [6.45, 7) is 5.70. The maximum atomic E-state index is 5.73. The van der Waals surface area contributed by atoms with E-state index in [2.05, 4.69) is 20.0 Å². The molecule has 0 spiro atoms. The Morgan fingerprint density at radius 2 is 2.18 bits per heavy atom. The van der Waals surface area contributed by atoms with Crippen LogP contribution < -0.4 is 0 Å². The van der Waals surface area contributed by atoms with Crippen molar-refractivity contribution in [3.05, 3.63) is 23.0 Å². The van der Waals surface area contributed by atoms with Crippen LogP contribution in [-0.2, 0) is 6.54 Å². The van der Waals surface area contributed by atoms with E-state index in [4.69, 9.17) is 11.6 Å². The monoisotopic (exact) mass is 252 g/mol. The van der Waals surface area contributed by atoms with Crippen molar-refractivity contribution in [3.8, 4) is 0 Å². The van der Waals surface area contributed by atoms with E-state index in [1.807, 2.05) is 12.1 Å². The zero-order chi connectivity index (χ0) is 11.7. The van der Waals surface area contributed by atoms with Crippen molar-refractivity contribution in [3.63, 3.8) is 0 Å². The molecule has 1 unspecified atom stereocenters. The summed E-state index contributed by atoms with van der Waals surface area (Å²) in [6.07, 6.45) is 2.71. The van der Waals surface area contributed by atoms with Crippen LogP contribution in [0.2, 0.25) is 5.15 Å². The lowest BCUT2D eigenvalue weighted by atomic mass is 10.1. The van der Waals surface area contributed by atoms with Gasteiger partial charge in [0.05, 0.1) is 5.69 Å². The van der Waals surface area contributed by atoms with E-state index in [9.17, 15) is 0 Å². The summed E-state index contributed by atoms with van der Waals surface area (Å²) in [6, 6.07) is 4.55. The number of fused-ring (bicyclic) bond motifs is 1. The zero-order valence-corrected chi connectivity index (χ0v) is 10.6. The second-order valence-corrected chi connectivity index (χ2v) is 5.30. The Bertz CT molecular complexity index is 381. The van der Waals surface area contributed by atoms with E-state index in [0.717, 1.165) is 24.8 Å². The second-order valence-electron chi connectivity index (χ2n) is 4.91. The molecular weight excluding hydrogens is 236 g/mol. The SMILES string of the molecule is Clc1ccc(CN2CCN3CCCC3C2)nn1. The highest BCUT2D eigenvalue weighted by atomic mass is 35.5. The molecule has 0 N–H and O–H groups in total. The molecule has 4 nitrogen and oxygen atoms in total. The van der Waals surface area contributed by atoms with Gasteiger partial charge in [-0.2, -0.15) is 5.10 Å². The molecule has 0 bridgehead atoms. The fraction of sp³-hybridized carbons (Fsp3) is 0.667. The van der Waals surface area contributed by atoms with Crippen LogP contribution in [0.3, 0.4) is 0 Å². The molecule has 2 saturated heterocycles. The number of hydrogen-bond donors (Lipinski definition) is 0. The molecule has 0 amide bonds. The van der Waals surface area contributed by atoms with Gasteiger partial charge in [-0.3, -0.25) is 9.80 Å². The van der Waals surface area contributed by atoms with E-state index in [1.54, 1.807) is 0 Å². The van der Waals surface area contributed by atoms with Crippen molar-refractivity contribution in [2.75, 3.05) is 26.2 Å². The molecular formula is C12H17ClN4. The Labute approximate surface area is 107 Å². The minimum atomic E-state index is 0.467. The highest BCUT2D eigenvalue weighted by Crippen LogP contribution is 2.22. The van der Waals surface area contributed by atoms with Crippen molar-refractivity contribution in [1.82, 2.24) is 20.0 Å². The van der Waals surface area contributed by atoms with Gasteiger partial charge in [0.25, 0.3) is 0 Å². The quantitative estimate of drug-likeness (QED) is 0.797. The highest BCUT2D eigenvalue weighted by molar-refractivity contribution is 6.29. The lowest BCUT2D eigenvalue weighted by Gasteiger charge is -2.37. The van der Waals surface area contributed by atoms with Gasteiger partial charge in [-0.15, -0.1) is 5.10 Å². The van der Waals surface area contributed by atoms with E-state index >= 15 is 0 Å². The summed E-state index contributed by atoms with van der Waals surface area (Å²) in [5.41, 5.74) is 1.01. The zero-order valence-electron chi connectivity index (χ0n) is 9.85. The minimum absolute atomic E-state index is 0.467. The highest BCUT2D eigenvalue weighted by Gasteiger charge is 2.30. The number of aromatic nitrogens is 2. The van der Waals surface area contributed by atoms with Crippen molar-refractivity contribution in [1.29, 1.82) is 0 Å². The standard InChI is InChI=1S/C12H17ClN4/c13-12-4-3-10(14-15-12)8-16-6-7-17-5-1-2-11(17)9-16/h3-4,11H,1-2,5-9H2. The van der Waals surface area contributed by atoms with Gasteiger partial charge in [0.1, 0.15) is 0 Å². The van der Waals surface area contributed by atoms with Gasteiger partial charge in [-0.25, -0.2) is 0 Å². The molecule has 0 aromatic carbocycles. The normalized spacial score (nSPS) is 26.1. The first-order chi connectivity index (χ1) is 8.31. The van der Waals surface area contributed by atoms with Crippen LogP contribution in [-0.4, -0.2) is 52.2 Å². The number of piperazine rings is 1. The van der Waals surface area contributed by atoms with Gasteiger partial charge in [0.15, 0.2) is 5.15 Å². The Balaban J connectivity index is 1.60. The van der Waals surface area contributed by atoms with Gasteiger partial charge >= 0.3 is 0 Å². The molecule has 2 fully saturated rings. The summed E-state index contributed by atoms with van der Waals surface area (Å²) in [7, 11) is 0. The van der Waals surface area contributed by atoms with Crippen molar-refractivity contribution in [2.45, 2.75) is 25.4 Å².